The van der Waals surface area contributed by atoms with Gasteiger partial charge in [-0.3, -0.25) is 9.79 Å². The number of halogens is 1. The first kappa shape index (κ1) is 20.5. The number of nitrogens with one attached hydrogen (secondary N) is 2. The first-order valence-corrected chi connectivity index (χ1v) is 7.86. The number of esters is 1. The minimum absolute atomic E-state index is 0. The van der Waals surface area contributed by atoms with E-state index in [1.807, 2.05) is 6.92 Å². The molecule has 1 aliphatic carbocycles. The number of hydrogen-bond acceptors (Lipinski definition) is 3. The molecule has 0 aromatic carbocycles. The third kappa shape index (κ3) is 9.92. The van der Waals surface area contributed by atoms with Crippen molar-refractivity contribution < 1.29 is 9.53 Å². The maximum absolute atomic E-state index is 11.6. The van der Waals surface area contributed by atoms with Crippen LogP contribution in [-0.2, 0) is 9.53 Å². The van der Waals surface area contributed by atoms with Gasteiger partial charge in [-0.1, -0.05) is 0 Å². The molecule has 6 heteroatoms. The van der Waals surface area contributed by atoms with E-state index in [9.17, 15) is 4.79 Å². The maximum Gasteiger partial charge on any atom is 0.306 e. The van der Waals surface area contributed by atoms with Crippen LogP contribution in [0.25, 0.3) is 0 Å². The van der Waals surface area contributed by atoms with Crippen molar-refractivity contribution in [2.45, 2.75) is 71.4 Å². The Bertz CT molecular complexity index is 316. The monoisotopic (exact) mass is 411 g/mol. The largest absolute Gasteiger partial charge is 0.462 e. The van der Waals surface area contributed by atoms with Gasteiger partial charge in [-0.15, -0.1) is 24.0 Å². The Morgan fingerprint density at radius 2 is 2.00 bits per heavy atom. The number of nitrogens with zero attached hydrogens (tertiary/aromatic N) is 1. The summed E-state index contributed by atoms with van der Waals surface area (Å²) in [4.78, 5) is 16.1. The molecule has 0 atom stereocenters. The molecule has 1 aliphatic rings. The van der Waals surface area contributed by atoms with E-state index in [1.54, 1.807) is 0 Å². The van der Waals surface area contributed by atoms with E-state index < -0.39 is 0 Å². The quantitative estimate of drug-likeness (QED) is 0.222. The Morgan fingerprint density at radius 1 is 1.33 bits per heavy atom. The van der Waals surface area contributed by atoms with Gasteiger partial charge in [-0.05, 0) is 52.9 Å². The van der Waals surface area contributed by atoms with Gasteiger partial charge in [0.05, 0.1) is 0 Å². The first-order valence-electron chi connectivity index (χ1n) is 7.86. The maximum atomic E-state index is 11.6. The van der Waals surface area contributed by atoms with E-state index in [1.165, 1.54) is 12.8 Å². The Kier molecular flexibility index (Phi) is 11.8. The SMILES string of the molecule is CCNC(=NCCCC(=O)OC1CCCC1)NC(C)C.I. The molecule has 0 radical (unpaired) electrons. The fourth-order valence-corrected chi connectivity index (χ4v) is 2.26. The Balaban J connectivity index is 0.00000400. The second kappa shape index (κ2) is 12.1. The predicted octanol–water partition coefficient (Wildman–Crippen LogP) is 2.83. The average Bonchev–Trinajstić information content (AvgIpc) is 2.87. The summed E-state index contributed by atoms with van der Waals surface area (Å²) in [6, 6.07) is 0.347. The minimum atomic E-state index is -0.0751. The Labute approximate surface area is 145 Å². The zero-order valence-electron chi connectivity index (χ0n) is 13.5. The van der Waals surface area contributed by atoms with Gasteiger partial charge in [0.25, 0.3) is 0 Å². The lowest BCUT2D eigenvalue weighted by molar-refractivity contribution is -0.148. The number of hydrogen-bond donors (Lipinski definition) is 2. The summed E-state index contributed by atoms with van der Waals surface area (Å²) < 4.78 is 5.41. The number of carbonyl (C=O) groups is 1. The highest BCUT2D eigenvalue weighted by Crippen LogP contribution is 2.21. The Morgan fingerprint density at radius 3 is 2.57 bits per heavy atom. The zero-order chi connectivity index (χ0) is 14.8. The van der Waals surface area contributed by atoms with Gasteiger partial charge in [0.1, 0.15) is 6.10 Å². The van der Waals surface area contributed by atoms with Crippen LogP contribution in [0.4, 0.5) is 0 Å². The van der Waals surface area contributed by atoms with Gasteiger partial charge < -0.3 is 15.4 Å². The molecule has 1 fully saturated rings. The molecule has 0 heterocycles. The van der Waals surface area contributed by atoms with Crippen molar-refractivity contribution in [3.05, 3.63) is 0 Å². The Hall–Kier alpha value is -0.530. The van der Waals surface area contributed by atoms with Crippen LogP contribution in [0.15, 0.2) is 4.99 Å². The predicted molar refractivity (Wildman–Crippen MR) is 97.2 cm³/mol. The molecule has 2 N–H and O–H groups in total. The number of guanidine groups is 1. The lowest BCUT2D eigenvalue weighted by Crippen LogP contribution is -2.41. The standard InChI is InChI=1S/C15H29N3O2.HI/c1-4-16-15(18-12(2)3)17-11-7-10-14(19)20-13-8-5-6-9-13;/h12-13H,4-11H2,1-3H3,(H2,16,17,18);1H. The van der Waals surface area contributed by atoms with Gasteiger partial charge >= 0.3 is 5.97 Å². The van der Waals surface area contributed by atoms with Gasteiger partial charge in [0.2, 0.25) is 0 Å². The minimum Gasteiger partial charge on any atom is -0.462 e. The topological polar surface area (TPSA) is 62.7 Å². The molecule has 0 aromatic rings. The van der Waals surface area contributed by atoms with E-state index in [2.05, 4.69) is 29.5 Å². The van der Waals surface area contributed by atoms with E-state index in [-0.39, 0.29) is 36.0 Å². The van der Waals surface area contributed by atoms with Gasteiger partial charge in [0.15, 0.2) is 5.96 Å². The van der Waals surface area contributed by atoms with E-state index in [0.717, 1.165) is 31.8 Å². The van der Waals surface area contributed by atoms with Crippen molar-refractivity contribution >= 4 is 35.9 Å². The zero-order valence-corrected chi connectivity index (χ0v) is 15.8. The second-order valence-electron chi connectivity index (χ2n) is 5.56. The van der Waals surface area contributed by atoms with Crippen LogP contribution in [0, 0.1) is 0 Å². The third-order valence-corrected chi connectivity index (χ3v) is 3.18. The van der Waals surface area contributed by atoms with Crippen LogP contribution in [-0.4, -0.2) is 37.2 Å². The molecule has 5 nitrogen and oxygen atoms in total. The summed E-state index contributed by atoms with van der Waals surface area (Å²) in [6.45, 7) is 7.66. The smallest absolute Gasteiger partial charge is 0.306 e. The molecule has 1 saturated carbocycles. The van der Waals surface area contributed by atoms with Crippen molar-refractivity contribution in [3.63, 3.8) is 0 Å². The van der Waals surface area contributed by atoms with Gasteiger partial charge in [-0.2, -0.15) is 0 Å². The molecule has 0 bridgehead atoms. The molecular weight excluding hydrogens is 381 g/mol. The number of aliphatic imine (C=N–C) groups is 1. The summed E-state index contributed by atoms with van der Waals surface area (Å²) >= 11 is 0. The van der Waals surface area contributed by atoms with Crippen LogP contribution in [0.2, 0.25) is 0 Å². The summed E-state index contributed by atoms with van der Waals surface area (Å²) in [5.41, 5.74) is 0. The summed E-state index contributed by atoms with van der Waals surface area (Å²) in [6.07, 6.45) is 5.82. The van der Waals surface area contributed by atoms with Crippen molar-refractivity contribution in [1.82, 2.24) is 10.6 Å². The molecule has 0 aliphatic heterocycles. The van der Waals surface area contributed by atoms with E-state index in [4.69, 9.17) is 4.74 Å². The second-order valence-corrected chi connectivity index (χ2v) is 5.56. The van der Waals surface area contributed by atoms with Crippen LogP contribution < -0.4 is 10.6 Å². The number of rotatable bonds is 7. The van der Waals surface area contributed by atoms with Crippen molar-refractivity contribution in [1.29, 1.82) is 0 Å². The summed E-state index contributed by atoms with van der Waals surface area (Å²) in [7, 11) is 0. The van der Waals surface area contributed by atoms with Crippen molar-refractivity contribution in [2.24, 2.45) is 4.99 Å². The van der Waals surface area contributed by atoms with E-state index >= 15 is 0 Å². The molecule has 124 valence electrons. The highest BCUT2D eigenvalue weighted by molar-refractivity contribution is 14.0. The molecule has 0 aromatic heterocycles. The van der Waals surface area contributed by atoms with Crippen molar-refractivity contribution in [3.8, 4) is 0 Å². The van der Waals surface area contributed by atoms with Gasteiger partial charge in [-0.25, -0.2) is 0 Å². The molecule has 1 rings (SSSR count). The lowest BCUT2D eigenvalue weighted by atomic mass is 10.3. The first-order chi connectivity index (χ1) is 9.61. The fraction of sp³-hybridized carbons (Fsp3) is 0.867. The molecule has 21 heavy (non-hydrogen) atoms. The molecule has 0 saturated heterocycles. The summed E-state index contributed by atoms with van der Waals surface area (Å²) in [5, 5.41) is 6.43. The average molecular weight is 411 g/mol. The van der Waals surface area contributed by atoms with E-state index in [0.29, 0.717) is 19.0 Å². The van der Waals surface area contributed by atoms with Crippen LogP contribution in [0.1, 0.15) is 59.3 Å². The van der Waals surface area contributed by atoms with Crippen LogP contribution in [0.3, 0.4) is 0 Å². The van der Waals surface area contributed by atoms with Crippen molar-refractivity contribution in [2.75, 3.05) is 13.1 Å². The number of carbonyl (C=O) groups excluding carboxylic acids is 1. The molecule has 0 spiro atoms. The molecule has 0 amide bonds. The normalized spacial score (nSPS) is 15.7. The third-order valence-electron chi connectivity index (χ3n) is 3.18. The number of ether oxygens (including phenoxy) is 1. The fourth-order valence-electron chi connectivity index (χ4n) is 2.26. The van der Waals surface area contributed by atoms with Gasteiger partial charge in [0, 0.05) is 25.6 Å². The highest BCUT2D eigenvalue weighted by atomic mass is 127. The summed E-state index contributed by atoms with van der Waals surface area (Å²) in [5.74, 6) is 0.737. The molecular formula is C15H30IN3O2. The highest BCUT2D eigenvalue weighted by Gasteiger charge is 2.18. The molecule has 0 unspecified atom stereocenters. The lowest BCUT2D eigenvalue weighted by Gasteiger charge is -2.14. The van der Waals surface area contributed by atoms with Crippen LogP contribution >= 0.6 is 24.0 Å². The van der Waals surface area contributed by atoms with Crippen LogP contribution in [0.5, 0.6) is 0 Å².